The van der Waals surface area contributed by atoms with Crippen LogP contribution in [0.1, 0.15) is 56.9 Å². The number of amides is 1. The Kier molecular flexibility index (Phi) is 10.2. The molecule has 0 radical (unpaired) electrons. The number of nitrogens with one attached hydrogen (secondary N) is 1. The fraction of sp³-hybridized carbons (Fsp3) is 0.682. The molecule has 1 aromatic carbocycles. The minimum atomic E-state index is -0.319. The Labute approximate surface area is 164 Å². The summed E-state index contributed by atoms with van der Waals surface area (Å²) in [5, 5.41) is 2.99. The number of unbranched alkanes of at least 4 members (excludes halogenated alkanes) is 3. The number of benzene rings is 1. The van der Waals surface area contributed by atoms with Crippen LogP contribution < -0.4 is 5.32 Å². The first-order valence-electron chi connectivity index (χ1n) is 10.4. The van der Waals surface area contributed by atoms with Crippen molar-refractivity contribution in [3.63, 3.8) is 0 Å². The Bertz CT molecular complexity index is 514. The number of nitrogens with zero attached hydrogens (tertiary/aromatic N) is 1. The van der Waals surface area contributed by atoms with Crippen LogP contribution in [0.5, 0.6) is 0 Å². The lowest BCUT2D eigenvalue weighted by Crippen LogP contribution is -2.39. The van der Waals surface area contributed by atoms with Crippen molar-refractivity contribution in [1.82, 2.24) is 10.2 Å². The smallest absolute Gasteiger partial charge is 0.407 e. The van der Waals surface area contributed by atoms with E-state index in [0.29, 0.717) is 12.7 Å². The first-order valence-corrected chi connectivity index (χ1v) is 10.4. The van der Waals surface area contributed by atoms with Crippen LogP contribution in [-0.4, -0.2) is 50.4 Å². The third kappa shape index (κ3) is 9.78. The zero-order chi connectivity index (χ0) is 19.3. The van der Waals surface area contributed by atoms with Crippen molar-refractivity contribution in [3.05, 3.63) is 35.9 Å². The van der Waals surface area contributed by atoms with E-state index in [-0.39, 0.29) is 12.1 Å². The summed E-state index contributed by atoms with van der Waals surface area (Å²) in [5.74, 6) is 0. The summed E-state index contributed by atoms with van der Waals surface area (Å²) < 4.78 is 11.3. The van der Waals surface area contributed by atoms with Crippen LogP contribution in [0.15, 0.2) is 30.3 Å². The molecule has 0 aromatic heterocycles. The zero-order valence-electron chi connectivity index (χ0n) is 17.0. The van der Waals surface area contributed by atoms with E-state index in [0.717, 1.165) is 44.3 Å². The molecule has 0 bridgehead atoms. The number of ether oxygens (including phenoxy) is 2. The summed E-state index contributed by atoms with van der Waals surface area (Å²) in [5.41, 5.74) is 1.01. The topological polar surface area (TPSA) is 50.8 Å². The predicted molar refractivity (Wildman–Crippen MR) is 109 cm³/mol. The van der Waals surface area contributed by atoms with Crippen LogP contribution in [-0.2, 0) is 16.1 Å². The molecule has 0 saturated heterocycles. The Morgan fingerprint density at radius 2 is 1.74 bits per heavy atom. The Hall–Kier alpha value is -1.59. The van der Waals surface area contributed by atoms with E-state index in [4.69, 9.17) is 9.47 Å². The molecule has 0 atom stereocenters. The van der Waals surface area contributed by atoms with Crippen molar-refractivity contribution < 1.29 is 14.3 Å². The number of alkyl carbamates (subject to hydrolysis) is 1. The van der Waals surface area contributed by atoms with Gasteiger partial charge in [-0.25, -0.2) is 4.79 Å². The standard InChI is InChI=1S/C22H36N2O3/c1-24(2)16-8-3-4-9-17-26-21-14-12-20(13-15-21)23-22(25)27-18-19-10-6-5-7-11-19/h5-7,10-11,20-21H,3-4,8-9,12-18H2,1-2H3,(H,23,25)/t20-,21-. The Morgan fingerprint density at radius 1 is 1.04 bits per heavy atom. The number of hydrogen-bond donors (Lipinski definition) is 1. The van der Waals surface area contributed by atoms with Gasteiger partial charge < -0.3 is 19.7 Å². The third-order valence-corrected chi connectivity index (χ3v) is 5.06. The first-order chi connectivity index (χ1) is 13.1. The number of hydrogen-bond acceptors (Lipinski definition) is 4. The van der Waals surface area contributed by atoms with E-state index in [1.807, 2.05) is 30.3 Å². The van der Waals surface area contributed by atoms with Crippen molar-refractivity contribution in [3.8, 4) is 0 Å². The lowest BCUT2D eigenvalue weighted by atomic mass is 9.93. The molecule has 1 fully saturated rings. The van der Waals surface area contributed by atoms with Gasteiger partial charge in [-0.1, -0.05) is 43.2 Å². The Balaban J connectivity index is 1.48. The second-order valence-electron chi connectivity index (χ2n) is 7.77. The minimum Gasteiger partial charge on any atom is -0.445 e. The normalized spacial score (nSPS) is 19.8. The molecule has 1 aromatic rings. The van der Waals surface area contributed by atoms with Crippen molar-refractivity contribution in [2.24, 2.45) is 0 Å². The van der Waals surface area contributed by atoms with Gasteiger partial charge in [0.15, 0.2) is 0 Å². The van der Waals surface area contributed by atoms with Gasteiger partial charge in [0.25, 0.3) is 0 Å². The van der Waals surface area contributed by atoms with Gasteiger partial charge in [0.05, 0.1) is 6.10 Å². The van der Waals surface area contributed by atoms with Crippen molar-refractivity contribution in [2.75, 3.05) is 27.2 Å². The van der Waals surface area contributed by atoms with Crippen LogP contribution in [0.2, 0.25) is 0 Å². The third-order valence-electron chi connectivity index (χ3n) is 5.06. The first kappa shape index (κ1) is 21.7. The van der Waals surface area contributed by atoms with Gasteiger partial charge in [-0.05, 0) is 64.7 Å². The highest BCUT2D eigenvalue weighted by atomic mass is 16.5. The summed E-state index contributed by atoms with van der Waals surface area (Å²) in [6.07, 6.45) is 8.95. The number of carbonyl (C=O) groups is 1. The Morgan fingerprint density at radius 3 is 2.44 bits per heavy atom. The highest BCUT2D eigenvalue weighted by molar-refractivity contribution is 5.67. The van der Waals surface area contributed by atoms with Gasteiger partial charge in [-0.15, -0.1) is 0 Å². The molecule has 0 spiro atoms. The molecule has 5 nitrogen and oxygen atoms in total. The van der Waals surface area contributed by atoms with Gasteiger partial charge in [0, 0.05) is 12.6 Å². The summed E-state index contributed by atoms with van der Waals surface area (Å²) in [7, 11) is 4.24. The average molecular weight is 377 g/mol. The molecule has 0 aliphatic heterocycles. The van der Waals surface area contributed by atoms with Crippen molar-refractivity contribution in [1.29, 1.82) is 0 Å². The molecule has 1 saturated carbocycles. The molecule has 0 heterocycles. The lowest BCUT2D eigenvalue weighted by molar-refractivity contribution is 0.0199. The molecule has 2 rings (SSSR count). The summed E-state index contributed by atoms with van der Waals surface area (Å²) in [6.45, 7) is 2.36. The highest BCUT2D eigenvalue weighted by Crippen LogP contribution is 2.21. The average Bonchev–Trinajstić information content (AvgIpc) is 2.67. The van der Waals surface area contributed by atoms with Crippen molar-refractivity contribution >= 4 is 6.09 Å². The van der Waals surface area contributed by atoms with E-state index in [1.165, 1.54) is 25.8 Å². The molecule has 0 unspecified atom stereocenters. The van der Waals surface area contributed by atoms with E-state index in [1.54, 1.807) is 0 Å². The predicted octanol–water partition coefficient (Wildman–Crippen LogP) is 4.36. The molecule has 27 heavy (non-hydrogen) atoms. The van der Waals surface area contributed by atoms with Gasteiger partial charge in [0.1, 0.15) is 6.61 Å². The van der Waals surface area contributed by atoms with Gasteiger partial charge >= 0.3 is 6.09 Å². The molecule has 152 valence electrons. The fourth-order valence-electron chi connectivity index (χ4n) is 3.44. The van der Waals surface area contributed by atoms with Crippen molar-refractivity contribution in [2.45, 2.75) is 70.1 Å². The molecular formula is C22H36N2O3. The van der Waals surface area contributed by atoms with Crippen LogP contribution in [0.25, 0.3) is 0 Å². The molecule has 1 aliphatic rings. The maximum Gasteiger partial charge on any atom is 0.407 e. The second-order valence-corrected chi connectivity index (χ2v) is 7.77. The molecule has 1 N–H and O–H groups in total. The van der Waals surface area contributed by atoms with Gasteiger partial charge in [-0.2, -0.15) is 0 Å². The number of carbonyl (C=O) groups excluding carboxylic acids is 1. The van der Waals surface area contributed by atoms with E-state index >= 15 is 0 Å². The summed E-state index contributed by atoms with van der Waals surface area (Å²) in [4.78, 5) is 14.2. The largest absolute Gasteiger partial charge is 0.445 e. The maximum absolute atomic E-state index is 11.9. The highest BCUT2D eigenvalue weighted by Gasteiger charge is 2.23. The van der Waals surface area contributed by atoms with Crippen LogP contribution in [0, 0.1) is 0 Å². The van der Waals surface area contributed by atoms with Gasteiger partial charge in [0.2, 0.25) is 0 Å². The molecule has 1 aliphatic carbocycles. The van der Waals surface area contributed by atoms with E-state index < -0.39 is 0 Å². The van der Waals surface area contributed by atoms with E-state index in [9.17, 15) is 4.79 Å². The van der Waals surface area contributed by atoms with Crippen LogP contribution >= 0.6 is 0 Å². The minimum absolute atomic E-state index is 0.208. The quantitative estimate of drug-likeness (QED) is 0.583. The summed E-state index contributed by atoms with van der Waals surface area (Å²) >= 11 is 0. The van der Waals surface area contributed by atoms with Gasteiger partial charge in [-0.3, -0.25) is 0 Å². The molecular weight excluding hydrogens is 340 g/mol. The molecule has 5 heteroatoms. The summed E-state index contributed by atoms with van der Waals surface area (Å²) in [6, 6.07) is 9.97. The van der Waals surface area contributed by atoms with Crippen LogP contribution in [0.4, 0.5) is 4.79 Å². The molecule has 1 amide bonds. The fourth-order valence-corrected chi connectivity index (χ4v) is 3.44. The number of rotatable bonds is 11. The van der Waals surface area contributed by atoms with E-state index in [2.05, 4.69) is 24.3 Å². The second kappa shape index (κ2) is 12.7. The van der Waals surface area contributed by atoms with Crippen LogP contribution in [0.3, 0.4) is 0 Å². The zero-order valence-corrected chi connectivity index (χ0v) is 17.0. The monoisotopic (exact) mass is 376 g/mol. The SMILES string of the molecule is CN(C)CCCCCCO[C@H]1CC[C@H](NC(=O)OCc2ccccc2)CC1. The maximum atomic E-state index is 11.9. The lowest BCUT2D eigenvalue weighted by Gasteiger charge is -2.29.